The van der Waals surface area contributed by atoms with Crippen LogP contribution < -0.4 is 21.1 Å². The number of carbonyl (C=O) groups is 2. The second-order valence-electron chi connectivity index (χ2n) is 11.1. The highest BCUT2D eigenvalue weighted by molar-refractivity contribution is 7.52. The van der Waals surface area contributed by atoms with Gasteiger partial charge in [0.1, 0.15) is 35.1 Å². The number of imidazole rings is 1. The lowest BCUT2D eigenvalue weighted by molar-refractivity contribution is -0.149. The van der Waals surface area contributed by atoms with Gasteiger partial charge in [-0.25, -0.2) is 9.55 Å². The van der Waals surface area contributed by atoms with Crippen molar-refractivity contribution in [2.24, 2.45) is 0 Å². The number of nitrogens with one attached hydrogen (secondary N) is 1. The lowest BCUT2D eigenvalue weighted by Gasteiger charge is -2.27. The maximum Gasteiger partial charge on any atom is 0.459 e. The van der Waals surface area contributed by atoms with Gasteiger partial charge in [-0.3, -0.25) is 18.7 Å². The van der Waals surface area contributed by atoms with E-state index in [1.807, 2.05) is 0 Å². The van der Waals surface area contributed by atoms with Gasteiger partial charge >= 0.3 is 19.7 Å². The van der Waals surface area contributed by atoms with E-state index in [9.17, 15) is 24.4 Å². The second-order valence-corrected chi connectivity index (χ2v) is 12.8. The average molecular weight is 666 g/mol. The Morgan fingerprint density at radius 3 is 2.63 bits per heavy atom. The van der Waals surface area contributed by atoms with Crippen molar-refractivity contribution in [1.29, 1.82) is 0 Å². The third-order valence-electron chi connectivity index (χ3n) is 7.03. The Morgan fingerprint density at radius 2 is 1.93 bits per heavy atom. The molecular formula is C28H40N7O10P. The van der Waals surface area contributed by atoms with E-state index in [2.05, 4.69) is 20.0 Å². The fourth-order valence-electron chi connectivity index (χ4n) is 4.79. The highest BCUT2D eigenvalue weighted by Gasteiger charge is 2.54. The molecule has 18 heteroatoms. The second kappa shape index (κ2) is 14.3. The van der Waals surface area contributed by atoms with Gasteiger partial charge in [-0.15, -0.1) is 0 Å². The van der Waals surface area contributed by atoms with Gasteiger partial charge in [0.15, 0.2) is 17.7 Å². The molecule has 0 unspecified atom stereocenters. The number of fused-ring (bicyclic) bond motifs is 1. The van der Waals surface area contributed by atoms with Crippen LogP contribution in [0.1, 0.15) is 52.8 Å². The number of aliphatic hydroxyl groups excluding tert-OH is 1. The largest absolute Gasteiger partial charge is 0.466 e. The number of anilines is 2. The molecule has 1 aromatic carbocycles. The first kappa shape index (κ1) is 35.0. The maximum atomic E-state index is 14.2. The Hall–Kier alpha value is -3.86. The van der Waals surface area contributed by atoms with E-state index >= 15 is 0 Å². The van der Waals surface area contributed by atoms with E-state index < -0.39 is 62.5 Å². The lowest BCUT2D eigenvalue weighted by atomic mass is 9.96. The normalized spacial score (nSPS) is 23.3. The number of nitrogens with two attached hydrogens (primary N) is 2. The third-order valence-corrected chi connectivity index (χ3v) is 8.66. The SMILES string of the molecule is CCOC(=O)CCc1ccccc1O[P@@](=O)(N[C@@H](C)C(=O)OC(C)C)OC[C@H]1O[C@@H](n2cnc3c(N)nc(N)nc32)[C@](C)(O)[C@H]1O. The van der Waals surface area contributed by atoms with Crippen LogP contribution in [-0.4, -0.2) is 84.8 Å². The van der Waals surface area contributed by atoms with E-state index in [1.54, 1.807) is 39.0 Å². The van der Waals surface area contributed by atoms with Crippen LogP contribution in [0, 0.1) is 0 Å². The van der Waals surface area contributed by atoms with E-state index in [0.29, 0.717) is 5.56 Å². The van der Waals surface area contributed by atoms with E-state index in [0.717, 1.165) is 0 Å². The molecule has 1 aliphatic heterocycles. The lowest BCUT2D eigenvalue weighted by Crippen LogP contribution is -2.44. The summed E-state index contributed by atoms with van der Waals surface area (Å²) in [4.78, 5) is 36.8. The van der Waals surface area contributed by atoms with Crippen LogP contribution in [0.5, 0.6) is 5.75 Å². The summed E-state index contributed by atoms with van der Waals surface area (Å²) in [6, 6.07) is 5.40. The molecule has 0 aliphatic carbocycles. The predicted octanol–water partition coefficient (Wildman–Crippen LogP) is 1.63. The number of esters is 2. The van der Waals surface area contributed by atoms with Crippen molar-refractivity contribution in [3.8, 4) is 5.75 Å². The Kier molecular flexibility index (Phi) is 10.9. The van der Waals surface area contributed by atoms with Gasteiger partial charge < -0.3 is 40.4 Å². The highest BCUT2D eigenvalue weighted by Crippen LogP contribution is 2.48. The monoisotopic (exact) mass is 665 g/mol. The fourth-order valence-corrected chi connectivity index (χ4v) is 6.33. The molecule has 3 heterocycles. The van der Waals surface area contributed by atoms with Crippen molar-refractivity contribution in [3.63, 3.8) is 0 Å². The Morgan fingerprint density at radius 1 is 1.22 bits per heavy atom. The Balaban J connectivity index is 1.58. The first-order chi connectivity index (χ1) is 21.6. The molecule has 46 heavy (non-hydrogen) atoms. The van der Waals surface area contributed by atoms with Gasteiger partial charge in [0.25, 0.3) is 0 Å². The fraction of sp³-hybridized carbons (Fsp3) is 0.536. The van der Waals surface area contributed by atoms with Crippen molar-refractivity contribution < 1.29 is 47.6 Å². The summed E-state index contributed by atoms with van der Waals surface area (Å²) < 4.78 is 43.4. The highest BCUT2D eigenvalue weighted by atomic mass is 31.2. The standard InChI is InChI=1S/C28H40N7O10P/c1-6-41-20(36)12-11-17-9-7-8-10-18(17)45-46(40,34-16(4)25(38)43-15(2)3)42-13-19-22(37)28(5,39)26(44-19)35-14-31-21-23(29)32-27(30)33-24(21)35/h7-10,14-16,19,22,26,37,39H,6,11-13H2,1-5H3,(H,34,40)(H4,29,30,32,33)/t16-,19+,22-,26+,28+,46+/m0/s1. The molecule has 3 aromatic rings. The van der Waals surface area contributed by atoms with Gasteiger partial charge in [0.05, 0.1) is 25.6 Å². The molecule has 6 atom stereocenters. The maximum absolute atomic E-state index is 14.2. The summed E-state index contributed by atoms with van der Waals surface area (Å²) in [5, 5.41) is 25.0. The zero-order valence-corrected chi connectivity index (χ0v) is 27.0. The number of para-hydroxylation sites is 1. The van der Waals surface area contributed by atoms with Crippen molar-refractivity contribution in [1.82, 2.24) is 24.6 Å². The summed E-state index contributed by atoms with van der Waals surface area (Å²) in [6.07, 6.45) is -3.00. The van der Waals surface area contributed by atoms with Crippen LogP contribution in [0.4, 0.5) is 11.8 Å². The van der Waals surface area contributed by atoms with Crippen LogP contribution in [0.15, 0.2) is 30.6 Å². The number of hydrogen-bond acceptors (Lipinski definition) is 15. The molecule has 1 saturated heterocycles. The van der Waals surface area contributed by atoms with Crippen LogP contribution >= 0.6 is 7.75 Å². The van der Waals surface area contributed by atoms with E-state index in [-0.39, 0.29) is 48.1 Å². The number of aromatic nitrogens is 4. The molecule has 252 valence electrons. The number of aryl methyl sites for hydroxylation is 1. The number of benzene rings is 1. The van der Waals surface area contributed by atoms with Crippen molar-refractivity contribution in [2.45, 2.75) is 83.6 Å². The number of ether oxygens (including phenoxy) is 3. The van der Waals surface area contributed by atoms with Crippen LogP contribution in [0.3, 0.4) is 0 Å². The smallest absolute Gasteiger partial charge is 0.459 e. The van der Waals surface area contributed by atoms with Gasteiger partial charge in [-0.1, -0.05) is 18.2 Å². The summed E-state index contributed by atoms with van der Waals surface area (Å²) in [5.74, 6) is -1.15. The first-order valence-corrected chi connectivity index (χ1v) is 16.2. The number of nitrogens with zero attached hydrogens (tertiary/aromatic N) is 4. The minimum Gasteiger partial charge on any atom is -0.466 e. The molecule has 0 radical (unpaired) electrons. The third kappa shape index (κ3) is 7.92. The van der Waals surface area contributed by atoms with Gasteiger partial charge in [-0.05, 0) is 52.7 Å². The summed E-state index contributed by atoms with van der Waals surface area (Å²) in [7, 11) is -4.45. The molecule has 0 amide bonds. The molecule has 4 rings (SSSR count). The van der Waals surface area contributed by atoms with Gasteiger partial charge in [0, 0.05) is 6.42 Å². The topological polar surface area (TPSA) is 245 Å². The minimum absolute atomic E-state index is 0.0103. The Bertz CT molecular complexity index is 1600. The van der Waals surface area contributed by atoms with Crippen LogP contribution in [0.25, 0.3) is 11.2 Å². The number of rotatable bonds is 14. The molecule has 0 spiro atoms. The zero-order chi connectivity index (χ0) is 33.8. The molecule has 0 bridgehead atoms. The molecule has 17 nitrogen and oxygen atoms in total. The summed E-state index contributed by atoms with van der Waals surface area (Å²) in [6.45, 7) is 7.43. The molecule has 1 fully saturated rings. The molecule has 2 aromatic heterocycles. The average Bonchev–Trinajstić information content (AvgIpc) is 3.48. The van der Waals surface area contributed by atoms with Gasteiger partial charge in [-0.2, -0.15) is 15.1 Å². The van der Waals surface area contributed by atoms with Crippen molar-refractivity contribution in [3.05, 3.63) is 36.2 Å². The predicted molar refractivity (Wildman–Crippen MR) is 164 cm³/mol. The molecule has 0 saturated carbocycles. The molecular weight excluding hydrogens is 625 g/mol. The van der Waals surface area contributed by atoms with E-state index in [4.69, 9.17) is 34.7 Å². The Labute approximate surface area is 265 Å². The number of carbonyl (C=O) groups excluding carboxylic acids is 2. The number of hydrogen-bond donors (Lipinski definition) is 5. The quantitative estimate of drug-likeness (QED) is 0.121. The summed E-state index contributed by atoms with van der Waals surface area (Å²) >= 11 is 0. The van der Waals surface area contributed by atoms with Crippen molar-refractivity contribution in [2.75, 3.05) is 24.7 Å². The van der Waals surface area contributed by atoms with Crippen LogP contribution in [-0.2, 0) is 39.3 Å². The number of aliphatic hydroxyl groups is 2. The molecule has 1 aliphatic rings. The summed E-state index contributed by atoms with van der Waals surface area (Å²) in [5.41, 5.74) is 10.6. The molecule has 7 N–H and O–H groups in total. The minimum atomic E-state index is -4.45. The van der Waals surface area contributed by atoms with Crippen molar-refractivity contribution >= 4 is 42.6 Å². The van der Waals surface area contributed by atoms with Gasteiger partial charge in [0.2, 0.25) is 5.95 Å². The van der Waals surface area contributed by atoms with E-state index in [1.165, 1.54) is 30.8 Å². The first-order valence-electron chi connectivity index (χ1n) is 14.6. The van der Waals surface area contributed by atoms with Crippen LogP contribution in [0.2, 0.25) is 0 Å². The number of nitrogen functional groups attached to an aromatic ring is 2. The zero-order valence-electron chi connectivity index (χ0n) is 26.2.